The van der Waals surface area contributed by atoms with Crippen molar-refractivity contribution in [2.75, 3.05) is 0 Å². The summed E-state index contributed by atoms with van der Waals surface area (Å²) in [6.07, 6.45) is 0. The van der Waals surface area contributed by atoms with Gasteiger partial charge in [0.2, 0.25) is 0 Å². The molecule has 1 heterocycles. The van der Waals surface area contributed by atoms with Crippen LogP contribution in [0.3, 0.4) is 0 Å². The second-order valence-electron chi connectivity index (χ2n) is 9.97. The summed E-state index contributed by atoms with van der Waals surface area (Å²) in [4.78, 5) is 4.84. The fraction of sp³-hybridized carbons (Fsp3) is 0.296. The van der Waals surface area contributed by atoms with Crippen molar-refractivity contribution in [3.8, 4) is 11.3 Å². The lowest BCUT2D eigenvalue weighted by molar-refractivity contribution is 0.591. The van der Waals surface area contributed by atoms with Crippen LogP contribution in [0.2, 0.25) is 0 Å². The third kappa shape index (κ3) is 3.83. The van der Waals surface area contributed by atoms with Crippen LogP contribution in [0.15, 0.2) is 65.3 Å². The molecule has 0 amide bonds. The van der Waals surface area contributed by atoms with E-state index in [-0.39, 0.29) is 10.8 Å². The van der Waals surface area contributed by atoms with Crippen molar-refractivity contribution < 1.29 is 0 Å². The molecule has 0 aliphatic rings. The molecule has 4 rings (SSSR count). The summed E-state index contributed by atoms with van der Waals surface area (Å²) in [5.74, 6) is 0. The minimum atomic E-state index is 0.0956. The molecule has 148 valence electrons. The molecule has 0 aliphatic carbocycles. The molecule has 1 aromatic heterocycles. The van der Waals surface area contributed by atoms with Crippen LogP contribution in [0.5, 0.6) is 0 Å². The highest BCUT2D eigenvalue weighted by molar-refractivity contribution is 9.10. The van der Waals surface area contributed by atoms with E-state index in [0.29, 0.717) is 0 Å². The van der Waals surface area contributed by atoms with Crippen molar-refractivity contribution in [3.63, 3.8) is 0 Å². The van der Waals surface area contributed by atoms with Crippen molar-refractivity contribution in [2.45, 2.75) is 52.4 Å². The Hall–Kier alpha value is -2.19. The zero-order valence-corrected chi connectivity index (χ0v) is 19.7. The number of hydrogen-bond acceptors (Lipinski definition) is 1. The molecular formula is C27H28BrN. The summed E-state index contributed by atoms with van der Waals surface area (Å²) in [7, 11) is 0. The van der Waals surface area contributed by atoms with E-state index in [1.165, 1.54) is 38.2 Å². The SMILES string of the molecule is CC(C)(C)c1ccc2cc3ccc(C(C)(C)C)cc3c(-c3cccc(Br)n3)c2c1. The van der Waals surface area contributed by atoms with Gasteiger partial charge in [-0.1, -0.05) is 71.9 Å². The van der Waals surface area contributed by atoms with Gasteiger partial charge in [0.15, 0.2) is 0 Å². The van der Waals surface area contributed by atoms with Crippen LogP contribution in [0.1, 0.15) is 52.7 Å². The Bertz CT molecular complexity index is 1150. The molecule has 29 heavy (non-hydrogen) atoms. The molecule has 2 heteroatoms. The predicted octanol–water partition coefficient (Wildman–Crippen LogP) is 8.41. The summed E-state index contributed by atoms with van der Waals surface area (Å²) >= 11 is 3.57. The number of rotatable bonds is 1. The van der Waals surface area contributed by atoms with Gasteiger partial charge in [-0.05, 0) is 89.8 Å². The van der Waals surface area contributed by atoms with E-state index in [9.17, 15) is 0 Å². The van der Waals surface area contributed by atoms with Gasteiger partial charge in [0.1, 0.15) is 4.60 Å². The van der Waals surface area contributed by atoms with Gasteiger partial charge in [0, 0.05) is 5.56 Å². The standard InChI is InChI=1S/C27H28BrN/c1-26(2,3)19-12-10-17-14-18-11-13-20(27(4,5)6)16-22(18)25(21(17)15-19)23-8-7-9-24(28)29-23/h7-16H,1-6H3. The summed E-state index contributed by atoms with van der Waals surface area (Å²) < 4.78 is 0.860. The molecular weight excluding hydrogens is 418 g/mol. The van der Waals surface area contributed by atoms with E-state index in [2.05, 4.69) is 112 Å². The van der Waals surface area contributed by atoms with Gasteiger partial charge in [-0.15, -0.1) is 0 Å². The largest absolute Gasteiger partial charge is 0.241 e. The number of halogens is 1. The Balaban J connectivity index is 2.17. The molecule has 0 N–H and O–H groups in total. The predicted molar refractivity (Wildman–Crippen MR) is 130 cm³/mol. The van der Waals surface area contributed by atoms with Crippen molar-refractivity contribution in [1.82, 2.24) is 4.98 Å². The molecule has 0 radical (unpaired) electrons. The van der Waals surface area contributed by atoms with Crippen LogP contribution in [-0.4, -0.2) is 4.98 Å². The highest BCUT2D eigenvalue weighted by Gasteiger charge is 2.19. The first-order valence-corrected chi connectivity index (χ1v) is 11.0. The second-order valence-corrected chi connectivity index (χ2v) is 10.8. The molecule has 3 aromatic carbocycles. The molecule has 0 aliphatic heterocycles. The zero-order chi connectivity index (χ0) is 21.0. The Morgan fingerprint density at radius 2 is 1.17 bits per heavy atom. The number of hydrogen-bond donors (Lipinski definition) is 0. The Morgan fingerprint density at radius 1 is 0.655 bits per heavy atom. The molecule has 0 spiro atoms. The van der Waals surface area contributed by atoms with Crippen LogP contribution >= 0.6 is 15.9 Å². The summed E-state index contributed by atoms with van der Waals surface area (Å²) in [6.45, 7) is 13.6. The smallest absolute Gasteiger partial charge is 0.106 e. The zero-order valence-electron chi connectivity index (χ0n) is 18.1. The summed E-state index contributed by atoms with van der Waals surface area (Å²) in [5, 5.41) is 5.04. The van der Waals surface area contributed by atoms with Crippen LogP contribution in [-0.2, 0) is 10.8 Å². The lowest BCUT2D eigenvalue weighted by Crippen LogP contribution is -2.11. The van der Waals surface area contributed by atoms with Crippen molar-refractivity contribution in [2.24, 2.45) is 0 Å². The van der Waals surface area contributed by atoms with Gasteiger partial charge < -0.3 is 0 Å². The van der Waals surface area contributed by atoms with Gasteiger partial charge >= 0.3 is 0 Å². The quantitative estimate of drug-likeness (QED) is 0.211. The number of nitrogens with zero attached hydrogens (tertiary/aromatic N) is 1. The highest BCUT2D eigenvalue weighted by atomic mass is 79.9. The van der Waals surface area contributed by atoms with E-state index in [1.807, 2.05) is 6.07 Å². The molecule has 0 saturated carbocycles. The van der Waals surface area contributed by atoms with Crippen LogP contribution in [0.4, 0.5) is 0 Å². The molecule has 0 unspecified atom stereocenters. The van der Waals surface area contributed by atoms with Crippen molar-refractivity contribution in [1.29, 1.82) is 0 Å². The van der Waals surface area contributed by atoms with Crippen molar-refractivity contribution in [3.05, 3.63) is 76.4 Å². The monoisotopic (exact) mass is 445 g/mol. The van der Waals surface area contributed by atoms with Gasteiger partial charge in [0.05, 0.1) is 5.69 Å². The molecule has 1 nitrogen and oxygen atoms in total. The van der Waals surface area contributed by atoms with E-state index in [0.717, 1.165) is 10.3 Å². The number of pyridine rings is 1. The first kappa shape index (κ1) is 20.1. The third-order valence-corrected chi connectivity index (χ3v) is 6.10. The average Bonchev–Trinajstić information content (AvgIpc) is 2.63. The van der Waals surface area contributed by atoms with E-state index in [4.69, 9.17) is 4.98 Å². The number of aromatic nitrogens is 1. The molecule has 0 saturated heterocycles. The second kappa shape index (κ2) is 6.95. The maximum Gasteiger partial charge on any atom is 0.106 e. The minimum Gasteiger partial charge on any atom is -0.241 e. The summed E-state index contributed by atoms with van der Waals surface area (Å²) in [6, 6.07) is 22.2. The van der Waals surface area contributed by atoms with Crippen LogP contribution in [0.25, 0.3) is 32.8 Å². The Kier molecular flexibility index (Phi) is 4.82. The minimum absolute atomic E-state index is 0.0956. The van der Waals surface area contributed by atoms with Gasteiger partial charge in [-0.3, -0.25) is 0 Å². The van der Waals surface area contributed by atoms with E-state index < -0.39 is 0 Å². The number of benzene rings is 3. The fourth-order valence-corrected chi connectivity index (χ4v) is 4.21. The van der Waals surface area contributed by atoms with E-state index >= 15 is 0 Å². The van der Waals surface area contributed by atoms with Crippen molar-refractivity contribution >= 4 is 37.5 Å². The lowest BCUT2D eigenvalue weighted by atomic mass is 9.82. The number of fused-ring (bicyclic) bond motifs is 2. The third-order valence-electron chi connectivity index (χ3n) is 5.66. The molecule has 0 fully saturated rings. The maximum absolute atomic E-state index is 4.84. The maximum atomic E-state index is 4.84. The van der Waals surface area contributed by atoms with E-state index in [1.54, 1.807) is 0 Å². The highest BCUT2D eigenvalue weighted by Crippen LogP contribution is 2.39. The first-order valence-electron chi connectivity index (χ1n) is 10.2. The van der Waals surface area contributed by atoms with Gasteiger partial charge in [0.25, 0.3) is 0 Å². The summed E-state index contributed by atoms with van der Waals surface area (Å²) in [5.41, 5.74) is 5.10. The molecule has 4 aromatic rings. The normalized spacial score (nSPS) is 12.7. The first-order chi connectivity index (χ1) is 13.5. The Morgan fingerprint density at radius 3 is 1.62 bits per heavy atom. The van der Waals surface area contributed by atoms with Gasteiger partial charge in [-0.2, -0.15) is 0 Å². The average molecular weight is 446 g/mol. The lowest BCUT2D eigenvalue weighted by Gasteiger charge is -2.22. The fourth-order valence-electron chi connectivity index (χ4n) is 3.87. The van der Waals surface area contributed by atoms with Crippen LogP contribution in [0, 0.1) is 0 Å². The topological polar surface area (TPSA) is 12.9 Å². The van der Waals surface area contributed by atoms with Gasteiger partial charge in [-0.25, -0.2) is 4.98 Å². The molecule has 0 bridgehead atoms. The van der Waals surface area contributed by atoms with Crippen LogP contribution < -0.4 is 0 Å². The Labute approximate surface area is 182 Å². The molecule has 0 atom stereocenters.